The zero-order chi connectivity index (χ0) is 11.5. The summed E-state index contributed by atoms with van der Waals surface area (Å²) in [5.74, 6) is 0.510. The third kappa shape index (κ3) is 4.32. The van der Waals surface area contributed by atoms with Crippen LogP contribution >= 0.6 is 0 Å². The number of hydrogen-bond acceptors (Lipinski definition) is 2. The third-order valence-electron chi connectivity index (χ3n) is 2.34. The Hall–Kier alpha value is -1.05. The second-order valence-corrected chi connectivity index (χ2v) is 5.50. The van der Waals surface area contributed by atoms with Gasteiger partial charge in [0.2, 0.25) is 0 Å². The van der Waals surface area contributed by atoms with Crippen LogP contribution in [-0.4, -0.2) is 0 Å². The Kier molecular flexibility index (Phi) is 3.72. The highest BCUT2D eigenvalue weighted by Crippen LogP contribution is 2.25. The van der Waals surface area contributed by atoms with Gasteiger partial charge >= 0.3 is 5.63 Å². The minimum Gasteiger partial charge on any atom is -0.431 e. The van der Waals surface area contributed by atoms with Crippen LogP contribution in [0.25, 0.3) is 0 Å². The van der Waals surface area contributed by atoms with Crippen molar-refractivity contribution in [2.24, 2.45) is 11.3 Å². The van der Waals surface area contributed by atoms with Crippen molar-refractivity contribution in [3.05, 3.63) is 34.4 Å². The van der Waals surface area contributed by atoms with E-state index in [2.05, 4.69) is 27.7 Å². The highest BCUT2D eigenvalue weighted by atomic mass is 16.4. The van der Waals surface area contributed by atoms with Crippen molar-refractivity contribution >= 4 is 0 Å². The molecule has 1 unspecified atom stereocenters. The fourth-order valence-electron chi connectivity index (χ4n) is 2.04. The van der Waals surface area contributed by atoms with E-state index < -0.39 is 0 Å². The van der Waals surface area contributed by atoms with Gasteiger partial charge in [0.05, 0.1) is 6.26 Å². The SMILES string of the molecule is CC(Cc1cccoc1=O)CC(C)(C)C. The maximum absolute atomic E-state index is 11.4. The summed E-state index contributed by atoms with van der Waals surface area (Å²) in [7, 11) is 0. The van der Waals surface area contributed by atoms with Crippen LogP contribution in [0, 0.1) is 11.3 Å². The van der Waals surface area contributed by atoms with Gasteiger partial charge in [0.1, 0.15) is 0 Å². The van der Waals surface area contributed by atoms with E-state index in [0.717, 1.165) is 18.4 Å². The molecule has 0 N–H and O–H groups in total. The highest BCUT2D eigenvalue weighted by Gasteiger charge is 2.16. The van der Waals surface area contributed by atoms with E-state index in [4.69, 9.17) is 4.42 Å². The first kappa shape index (κ1) is 12.0. The van der Waals surface area contributed by atoms with E-state index in [0.29, 0.717) is 11.3 Å². The van der Waals surface area contributed by atoms with E-state index >= 15 is 0 Å². The lowest BCUT2D eigenvalue weighted by molar-refractivity contribution is 0.304. The fourth-order valence-corrected chi connectivity index (χ4v) is 2.04. The fraction of sp³-hybridized carbons (Fsp3) is 0.615. The zero-order valence-corrected chi connectivity index (χ0v) is 10.0. The lowest BCUT2D eigenvalue weighted by atomic mass is 9.83. The molecule has 15 heavy (non-hydrogen) atoms. The molecule has 0 aliphatic heterocycles. The minimum absolute atomic E-state index is 0.196. The van der Waals surface area contributed by atoms with Gasteiger partial charge in [0.25, 0.3) is 0 Å². The van der Waals surface area contributed by atoms with E-state index in [1.165, 1.54) is 6.26 Å². The van der Waals surface area contributed by atoms with Gasteiger partial charge in [-0.3, -0.25) is 0 Å². The molecule has 0 amide bonds. The summed E-state index contributed by atoms with van der Waals surface area (Å²) in [4.78, 5) is 11.4. The maximum Gasteiger partial charge on any atom is 0.338 e. The molecule has 0 saturated carbocycles. The molecule has 2 heteroatoms. The van der Waals surface area contributed by atoms with Gasteiger partial charge in [0.15, 0.2) is 0 Å². The zero-order valence-electron chi connectivity index (χ0n) is 10.0. The van der Waals surface area contributed by atoms with Crippen molar-refractivity contribution in [3.63, 3.8) is 0 Å². The predicted molar refractivity (Wildman–Crippen MR) is 61.9 cm³/mol. The standard InChI is InChI=1S/C13H20O2/c1-10(9-13(2,3)4)8-11-6-5-7-15-12(11)14/h5-7,10H,8-9H2,1-4H3. The minimum atomic E-state index is -0.196. The second-order valence-electron chi connectivity index (χ2n) is 5.50. The molecule has 1 atom stereocenters. The van der Waals surface area contributed by atoms with Crippen molar-refractivity contribution in [3.8, 4) is 0 Å². The van der Waals surface area contributed by atoms with Gasteiger partial charge in [-0.25, -0.2) is 4.79 Å². The lowest BCUT2D eigenvalue weighted by Gasteiger charge is -2.22. The normalized spacial score (nSPS) is 13.9. The topological polar surface area (TPSA) is 30.2 Å². The van der Waals surface area contributed by atoms with Crippen LogP contribution in [0.15, 0.2) is 27.6 Å². The predicted octanol–water partition coefficient (Wildman–Crippen LogP) is 3.25. The van der Waals surface area contributed by atoms with Gasteiger partial charge in [0, 0.05) is 5.56 Å². The van der Waals surface area contributed by atoms with Crippen molar-refractivity contribution in [2.45, 2.75) is 40.5 Å². The largest absolute Gasteiger partial charge is 0.431 e. The Labute approximate surface area is 91.3 Å². The van der Waals surface area contributed by atoms with Gasteiger partial charge in [-0.15, -0.1) is 0 Å². The summed E-state index contributed by atoms with van der Waals surface area (Å²) < 4.78 is 4.83. The van der Waals surface area contributed by atoms with Gasteiger partial charge < -0.3 is 4.42 Å². The summed E-state index contributed by atoms with van der Waals surface area (Å²) in [6.07, 6.45) is 3.35. The first-order chi connectivity index (χ1) is 6.88. The molecule has 0 radical (unpaired) electrons. The Bertz CT molecular complexity index is 357. The summed E-state index contributed by atoms with van der Waals surface area (Å²) in [6.45, 7) is 8.84. The van der Waals surface area contributed by atoms with Crippen molar-refractivity contribution in [2.75, 3.05) is 0 Å². The van der Waals surface area contributed by atoms with Gasteiger partial charge in [-0.05, 0) is 36.3 Å². The van der Waals surface area contributed by atoms with Gasteiger partial charge in [-0.1, -0.05) is 27.7 Å². The van der Waals surface area contributed by atoms with Gasteiger partial charge in [-0.2, -0.15) is 0 Å². The molecule has 0 saturated heterocycles. The van der Waals surface area contributed by atoms with Crippen LogP contribution in [-0.2, 0) is 6.42 Å². The average Bonchev–Trinajstić information content (AvgIpc) is 2.05. The molecular weight excluding hydrogens is 188 g/mol. The Morgan fingerprint density at radius 1 is 1.40 bits per heavy atom. The number of rotatable bonds is 3. The molecule has 0 bridgehead atoms. The molecule has 1 aromatic rings. The molecule has 0 aliphatic carbocycles. The van der Waals surface area contributed by atoms with E-state index in [1.807, 2.05) is 6.07 Å². The molecule has 1 rings (SSSR count). The first-order valence-corrected chi connectivity index (χ1v) is 5.45. The van der Waals surface area contributed by atoms with Crippen molar-refractivity contribution in [1.82, 2.24) is 0 Å². The Balaban J connectivity index is 2.63. The molecule has 0 aromatic carbocycles. The highest BCUT2D eigenvalue weighted by molar-refractivity contribution is 5.07. The molecule has 0 spiro atoms. The summed E-state index contributed by atoms with van der Waals surface area (Å²) >= 11 is 0. The van der Waals surface area contributed by atoms with Crippen LogP contribution in [0.2, 0.25) is 0 Å². The monoisotopic (exact) mass is 208 g/mol. The number of hydrogen-bond donors (Lipinski definition) is 0. The smallest absolute Gasteiger partial charge is 0.338 e. The van der Waals surface area contributed by atoms with Crippen LogP contribution in [0.3, 0.4) is 0 Å². The molecular formula is C13H20O2. The summed E-state index contributed by atoms with van der Waals surface area (Å²) in [6, 6.07) is 3.63. The Morgan fingerprint density at radius 3 is 2.60 bits per heavy atom. The van der Waals surface area contributed by atoms with E-state index in [-0.39, 0.29) is 5.63 Å². The average molecular weight is 208 g/mol. The summed E-state index contributed by atoms with van der Waals surface area (Å²) in [5, 5.41) is 0. The first-order valence-electron chi connectivity index (χ1n) is 5.45. The lowest BCUT2D eigenvalue weighted by Crippen LogP contribution is -2.16. The van der Waals surface area contributed by atoms with Crippen molar-refractivity contribution < 1.29 is 4.42 Å². The molecule has 1 heterocycles. The molecule has 0 aliphatic rings. The van der Waals surface area contributed by atoms with Crippen LogP contribution in [0.4, 0.5) is 0 Å². The third-order valence-corrected chi connectivity index (χ3v) is 2.34. The molecule has 0 fully saturated rings. The quantitative estimate of drug-likeness (QED) is 0.763. The molecule has 2 nitrogen and oxygen atoms in total. The van der Waals surface area contributed by atoms with Crippen LogP contribution in [0.1, 0.15) is 39.7 Å². The Morgan fingerprint density at radius 2 is 2.07 bits per heavy atom. The molecule has 1 aromatic heterocycles. The van der Waals surface area contributed by atoms with Crippen LogP contribution < -0.4 is 5.63 Å². The second kappa shape index (κ2) is 4.65. The molecule has 84 valence electrons. The summed E-state index contributed by atoms with van der Waals surface area (Å²) in [5.41, 5.74) is 0.904. The maximum atomic E-state index is 11.4. The van der Waals surface area contributed by atoms with Crippen LogP contribution in [0.5, 0.6) is 0 Å². The van der Waals surface area contributed by atoms with Crippen molar-refractivity contribution in [1.29, 1.82) is 0 Å². The van der Waals surface area contributed by atoms with E-state index in [9.17, 15) is 4.79 Å². The van der Waals surface area contributed by atoms with E-state index in [1.54, 1.807) is 6.07 Å².